The van der Waals surface area contributed by atoms with Gasteiger partial charge in [0.1, 0.15) is 5.52 Å². The number of oxazole rings is 1. The highest BCUT2D eigenvalue weighted by atomic mass is 35.5. The molecule has 4 rings (SSSR count). The first kappa shape index (κ1) is 19.3. The molecular weight excluding hydrogens is 394 g/mol. The molecule has 1 aromatic heterocycles. The van der Waals surface area contributed by atoms with E-state index in [0.29, 0.717) is 11.0 Å². The Morgan fingerprint density at radius 1 is 1.18 bits per heavy atom. The van der Waals surface area contributed by atoms with Crippen LogP contribution < -0.4 is 5.32 Å². The molecule has 2 heterocycles. The van der Waals surface area contributed by atoms with Crippen LogP contribution in [0.25, 0.3) is 11.1 Å². The number of hydrogen-bond acceptors (Lipinski definition) is 5. The lowest BCUT2D eigenvalue weighted by atomic mass is 10.0. The normalized spacial score (nSPS) is 15.8. The summed E-state index contributed by atoms with van der Waals surface area (Å²) in [7, 11) is 0. The lowest BCUT2D eigenvalue weighted by Crippen LogP contribution is -2.44. The number of benzene rings is 2. The van der Waals surface area contributed by atoms with Crippen molar-refractivity contribution in [3.8, 4) is 0 Å². The molecule has 0 radical (unpaired) electrons. The van der Waals surface area contributed by atoms with Gasteiger partial charge in [0, 0.05) is 30.7 Å². The van der Waals surface area contributed by atoms with Crippen LogP contribution in [-0.4, -0.2) is 40.7 Å². The molecule has 146 valence electrons. The Kier molecular flexibility index (Phi) is 6.20. The van der Waals surface area contributed by atoms with Crippen molar-refractivity contribution in [2.75, 3.05) is 18.8 Å². The van der Waals surface area contributed by atoms with Gasteiger partial charge in [-0.1, -0.05) is 47.6 Å². The molecule has 0 bridgehead atoms. The molecule has 2 aromatic carbocycles. The summed E-state index contributed by atoms with van der Waals surface area (Å²) in [6, 6.07) is 15.8. The van der Waals surface area contributed by atoms with E-state index in [1.54, 1.807) is 0 Å². The Labute approximate surface area is 173 Å². The molecule has 7 heteroatoms. The fraction of sp³-hybridized carbons (Fsp3) is 0.333. The lowest BCUT2D eigenvalue weighted by molar-refractivity contribution is -0.119. The highest BCUT2D eigenvalue weighted by molar-refractivity contribution is 7.99. The van der Waals surface area contributed by atoms with Crippen LogP contribution in [0.4, 0.5) is 0 Å². The third-order valence-corrected chi connectivity index (χ3v) is 5.95. The van der Waals surface area contributed by atoms with E-state index < -0.39 is 0 Å². The zero-order valence-electron chi connectivity index (χ0n) is 15.4. The zero-order valence-corrected chi connectivity index (χ0v) is 17.0. The molecule has 1 fully saturated rings. The van der Waals surface area contributed by atoms with Gasteiger partial charge in [-0.15, -0.1) is 0 Å². The summed E-state index contributed by atoms with van der Waals surface area (Å²) in [5.74, 6) is 0.348. The molecule has 3 aromatic rings. The summed E-state index contributed by atoms with van der Waals surface area (Å²) in [4.78, 5) is 19.1. The number of rotatable bonds is 6. The first-order valence-electron chi connectivity index (χ1n) is 9.40. The smallest absolute Gasteiger partial charge is 0.257 e. The molecule has 1 aliphatic rings. The minimum absolute atomic E-state index is 0.0309. The van der Waals surface area contributed by atoms with Gasteiger partial charge in [-0.2, -0.15) is 0 Å². The van der Waals surface area contributed by atoms with Crippen LogP contribution >= 0.6 is 23.4 Å². The van der Waals surface area contributed by atoms with Gasteiger partial charge in [0.15, 0.2) is 5.58 Å². The summed E-state index contributed by atoms with van der Waals surface area (Å²) >= 11 is 7.28. The number of likely N-dealkylation sites (tertiary alicyclic amines) is 1. The van der Waals surface area contributed by atoms with Gasteiger partial charge < -0.3 is 9.73 Å². The number of para-hydroxylation sites is 2. The Morgan fingerprint density at radius 2 is 1.93 bits per heavy atom. The van der Waals surface area contributed by atoms with E-state index in [1.165, 1.54) is 17.3 Å². The van der Waals surface area contributed by atoms with E-state index in [9.17, 15) is 4.79 Å². The van der Waals surface area contributed by atoms with Crippen LogP contribution in [0.3, 0.4) is 0 Å². The van der Waals surface area contributed by atoms with Crippen LogP contribution in [0.15, 0.2) is 58.2 Å². The van der Waals surface area contributed by atoms with Crippen LogP contribution in [0.2, 0.25) is 5.02 Å². The van der Waals surface area contributed by atoms with Crippen molar-refractivity contribution < 1.29 is 9.21 Å². The Bertz CT molecular complexity index is 903. The van der Waals surface area contributed by atoms with Crippen molar-refractivity contribution in [3.05, 3.63) is 59.1 Å². The van der Waals surface area contributed by atoms with Gasteiger partial charge in [-0.25, -0.2) is 4.98 Å². The number of nitrogens with one attached hydrogen (secondary N) is 1. The van der Waals surface area contributed by atoms with Gasteiger partial charge in [0.05, 0.1) is 5.75 Å². The Morgan fingerprint density at radius 3 is 2.68 bits per heavy atom. The summed E-state index contributed by atoms with van der Waals surface area (Å²) in [5.41, 5.74) is 2.83. The first-order valence-corrected chi connectivity index (χ1v) is 10.8. The fourth-order valence-electron chi connectivity index (χ4n) is 3.39. The Hall–Kier alpha value is -2.02. The number of carbonyl (C=O) groups excluding carboxylic acids is 1. The Balaban J connectivity index is 1.20. The summed E-state index contributed by atoms with van der Waals surface area (Å²) in [6.07, 6.45) is 1.93. The zero-order chi connectivity index (χ0) is 19.3. The number of amides is 1. The number of halogens is 1. The van der Waals surface area contributed by atoms with Crippen molar-refractivity contribution in [2.45, 2.75) is 30.7 Å². The maximum Gasteiger partial charge on any atom is 0.257 e. The van der Waals surface area contributed by atoms with Gasteiger partial charge in [0.2, 0.25) is 5.91 Å². The van der Waals surface area contributed by atoms with E-state index in [-0.39, 0.29) is 11.9 Å². The number of carbonyl (C=O) groups is 1. The average Bonchev–Trinajstić information content (AvgIpc) is 3.13. The van der Waals surface area contributed by atoms with Crippen molar-refractivity contribution in [1.82, 2.24) is 15.2 Å². The number of aromatic nitrogens is 1. The van der Waals surface area contributed by atoms with E-state index in [4.69, 9.17) is 16.0 Å². The molecule has 0 aliphatic carbocycles. The molecule has 0 unspecified atom stereocenters. The second-order valence-electron chi connectivity index (χ2n) is 6.98. The molecule has 1 saturated heterocycles. The third kappa shape index (κ3) is 5.07. The van der Waals surface area contributed by atoms with Gasteiger partial charge in [-0.05, 0) is 42.7 Å². The molecule has 5 nitrogen and oxygen atoms in total. The van der Waals surface area contributed by atoms with Crippen LogP contribution in [0, 0.1) is 0 Å². The molecule has 1 N–H and O–H groups in total. The SMILES string of the molecule is O=C(CSc1nc2ccccc2o1)NC1CCN(Cc2ccc(Cl)cc2)CC1. The quantitative estimate of drug-likeness (QED) is 0.606. The molecular formula is C21H22ClN3O2S. The molecule has 1 amide bonds. The third-order valence-electron chi connectivity index (χ3n) is 4.87. The van der Waals surface area contributed by atoms with Gasteiger partial charge in [-0.3, -0.25) is 9.69 Å². The number of fused-ring (bicyclic) bond motifs is 1. The minimum atomic E-state index is 0.0309. The molecule has 0 spiro atoms. The van der Waals surface area contributed by atoms with Gasteiger partial charge in [0.25, 0.3) is 5.22 Å². The van der Waals surface area contributed by atoms with E-state index in [2.05, 4.69) is 27.3 Å². The number of nitrogens with zero attached hydrogens (tertiary/aromatic N) is 2. The summed E-state index contributed by atoms with van der Waals surface area (Å²) < 4.78 is 5.64. The maximum absolute atomic E-state index is 12.3. The minimum Gasteiger partial charge on any atom is -0.431 e. The van der Waals surface area contributed by atoms with Crippen molar-refractivity contribution in [1.29, 1.82) is 0 Å². The van der Waals surface area contributed by atoms with Crippen LogP contribution in [0.1, 0.15) is 18.4 Å². The fourth-order valence-corrected chi connectivity index (χ4v) is 4.17. The highest BCUT2D eigenvalue weighted by Crippen LogP contribution is 2.23. The molecule has 1 aliphatic heterocycles. The lowest BCUT2D eigenvalue weighted by Gasteiger charge is -2.32. The standard InChI is InChI=1S/C21H22ClN3O2S/c22-16-7-5-15(6-8-16)13-25-11-9-17(10-12-25)23-20(26)14-28-21-24-18-3-1-2-4-19(18)27-21/h1-8,17H,9-14H2,(H,23,26). The van der Waals surface area contributed by atoms with Crippen molar-refractivity contribution in [2.24, 2.45) is 0 Å². The topological polar surface area (TPSA) is 58.4 Å². The predicted molar refractivity (Wildman–Crippen MR) is 113 cm³/mol. The molecule has 0 atom stereocenters. The number of piperidine rings is 1. The van der Waals surface area contributed by atoms with Crippen LogP contribution in [-0.2, 0) is 11.3 Å². The summed E-state index contributed by atoms with van der Waals surface area (Å²) in [5, 5.41) is 4.44. The van der Waals surface area contributed by atoms with Crippen molar-refractivity contribution in [3.63, 3.8) is 0 Å². The molecule has 0 saturated carbocycles. The second kappa shape index (κ2) is 8.99. The van der Waals surface area contributed by atoms with E-state index >= 15 is 0 Å². The maximum atomic E-state index is 12.3. The average molecular weight is 416 g/mol. The second-order valence-corrected chi connectivity index (χ2v) is 8.34. The van der Waals surface area contributed by atoms with Gasteiger partial charge >= 0.3 is 0 Å². The molecule has 28 heavy (non-hydrogen) atoms. The number of thioether (sulfide) groups is 1. The van der Waals surface area contributed by atoms with Crippen molar-refractivity contribution >= 4 is 40.4 Å². The number of hydrogen-bond donors (Lipinski definition) is 1. The summed E-state index contributed by atoms with van der Waals surface area (Å²) in [6.45, 7) is 2.88. The monoisotopic (exact) mass is 415 g/mol. The van der Waals surface area contributed by atoms with E-state index in [0.717, 1.165) is 48.6 Å². The van der Waals surface area contributed by atoms with E-state index in [1.807, 2.05) is 36.4 Å². The first-order chi connectivity index (χ1) is 13.7. The van der Waals surface area contributed by atoms with Crippen LogP contribution in [0.5, 0.6) is 0 Å². The predicted octanol–water partition coefficient (Wildman–Crippen LogP) is 4.35. The largest absolute Gasteiger partial charge is 0.431 e. The highest BCUT2D eigenvalue weighted by Gasteiger charge is 2.21.